The predicted octanol–water partition coefficient (Wildman–Crippen LogP) is 1.49. The zero-order valence-electron chi connectivity index (χ0n) is 11.4. The van der Waals surface area contributed by atoms with Crippen LogP contribution in [0.5, 0.6) is 0 Å². The van der Waals surface area contributed by atoms with E-state index < -0.39 is 5.54 Å². The molecule has 1 aromatic heterocycles. The minimum Gasteiger partial charge on any atom is -0.319 e. The van der Waals surface area contributed by atoms with E-state index in [0.29, 0.717) is 5.82 Å². The highest BCUT2D eigenvalue weighted by molar-refractivity contribution is 5.16. The highest BCUT2D eigenvalue weighted by Crippen LogP contribution is 2.64. The molecule has 0 amide bonds. The SMILES string of the molecule is CC(N)(c1n[nH]c(=O)[nH]1)C12CC3CC(CC(C3)C1)C2. The zero-order chi connectivity index (χ0) is 13.3. The van der Waals surface area contributed by atoms with E-state index >= 15 is 0 Å². The number of aromatic nitrogens is 3. The second-order valence-corrected chi connectivity index (χ2v) is 7.43. The molecule has 0 saturated heterocycles. The van der Waals surface area contributed by atoms with E-state index in [2.05, 4.69) is 22.1 Å². The van der Waals surface area contributed by atoms with Gasteiger partial charge in [-0.15, -0.1) is 0 Å². The van der Waals surface area contributed by atoms with Crippen LogP contribution in [-0.2, 0) is 5.54 Å². The van der Waals surface area contributed by atoms with Crippen molar-refractivity contribution in [2.45, 2.75) is 51.0 Å². The molecule has 0 spiro atoms. The van der Waals surface area contributed by atoms with Crippen molar-refractivity contribution in [1.82, 2.24) is 15.2 Å². The van der Waals surface area contributed by atoms with Gasteiger partial charge in [0.05, 0.1) is 5.54 Å². The van der Waals surface area contributed by atoms with Gasteiger partial charge in [0.1, 0.15) is 0 Å². The average Bonchev–Trinajstić information content (AvgIpc) is 2.74. The van der Waals surface area contributed by atoms with Crippen LogP contribution in [0.4, 0.5) is 0 Å². The fraction of sp³-hybridized carbons (Fsp3) is 0.857. The molecule has 1 heterocycles. The Balaban J connectivity index is 1.76. The Morgan fingerprint density at radius 3 is 2.16 bits per heavy atom. The molecule has 4 saturated carbocycles. The maximum absolute atomic E-state index is 11.3. The summed E-state index contributed by atoms with van der Waals surface area (Å²) in [4.78, 5) is 14.1. The fourth-order valence-electron chi connectivity index (χ4n) is 5.51. The van der Waals surface area contributed by atoms with E-state index in [4.69, 9.17) is 5.73 Å². The van der Waals surface area contributed by atoms with Crippen LogP contribution in [0, 0.1) is 23.2 Å². The molecule has 1 atom stereocenters. The van der Waals surface area contributed by atoms with Gasteiger partial charge in [0.15, 0.2) is 5.82 Å². The molecule has 5 nitrogen and oxygen atoms in total. The molecule has 5 heteroatoms. The van der Waals surface area contributed by atoms with Gasteiger partial charge in [-0.25, -0.2) is 9.89 Å². The van der Waals surface area contributed by atoms with Crippen LogP contribution in [0.3, 0.4) is 0 Å². The van der Waals surface area contributed by atoms with Gasteiger partial charge in [-0.3, -0.25) is 4.98 Å². The second-order valence-electron chi connectivity index (χ2n) is 7.43. The third-order valence-corrected chi connectivity index (χ3v) is 6.13. The molecule has 1 aromatic rings. The van der Waals surface area contributed by atoms with Crippen LogP contribution in [0.25, 0.3) is 0 Å². The fourth-order valence-corrected chi connectivity index (χ4v) is 5.51. The molecule has 4 aliphatic rings. The van der Waals surface area contributed by atoms with Gasteiger partial charge in [0, 0.05) is 0 Å². The Hall–Kier alpha value is -1.10. The summed E-state index contributed by atoms with van der Waals surface area (Å²) >= 11 is 0. The van der Waals surface area contributed by atoms with E-state index in [9.17, 15) is 4.79 Å². The van der Waals surface area contributed by atoms with Crippen molar-refractivity contribution in [2.75, 3.05) is 0 Å². The first kappa shape index (κ1) is 11.7. The Labute approximate surface area is 112 Å². The summed E-state index contributed by atoms with van der Waals surface area (Å²) in [6.45, 7) is 2.06. The van der Waals surface area contributed by atoms with Gasteiger partial charge in [-0.2, -0.15) is 5.10 Å². The molecule has 19 heavy (non-hydrogen) atoms. The van der Waals surface area contributed by atoms with Crippen LogP contribution >= 0.6 is 0 Å². The third-order valence-electron chi connectivity index (χ3n) is 6.13. The number of hydrogen-bond acceptors (Lipinski definition) is 3. The van der Waals surface area contributed by atoms with Gasteiger partial charge >= 0.3 is 5.69 Å². The molecule has 4 aliphatic carbocycles. The van der Waals surface area contributed by atoms with Crippen LogP contribution < -0.4 is 11.4 Å². The monoisotopic (exact) mass is 262 g/mol. The standard InChI is InChI=1S/C14H22N4O/c1-13(15,11-16-12(19)18-17-11)14-5-8-2-9(6-14)4-10(3-8)7-14/h8-10H,2-7,15H2,1H3,(H2,16,17,18,19). The smallest absolute Gasteiger partial charge is 0.319 e. The summed E-state index contributed by atoms with van der Waals surface area (Å²) in [5, 5.41) is 6.59. The number of hydrogen-bond donors (Lipinski definition) is 3. The van der Waals surface area contributed by atoms with E-state index in [-0.39, 0.29) is 11.1 Å². The van der Waals surface area contributed by atoms with Gasteiger partial charge < -0.3 is 5.73 Å². The molecule has 0 aromatic carbocycles. The first-order valence-corrected chi connectivity index (χ1v) is 7.42. The van der Waals surface area contributed by atoms with Gasteiger partial charge in [-0.1, -0.05) is 0 Å². The zero-order valence-corrected chi connectivity index (χ0v) is 11.4. The van der Waals surface area contributed by atoms with Crippen molar-refractivity contribution in [1.29, 1.82) is 0 Å². The van der Waals surface area contributed by atoms with Gasteiger partial charge in [0.2, 0.25) is 0 Å². The minimum atomic E-state index is -0.526. The van der Waals surface area contributed by atoms with Crippen molar-refractivity contribution in [3.63, 3.8) is 0 Å². The number of nitrogens with two attached hydrogens (primary N) is 1. The van der Waals surface area contributed by atoms with Gasteiger partial charge in [-0.05, 0) is 68.6 Å². The number of rotatable bonds is 2. The lowest BCUT2D eigenvalue weighted by atomic mass is 9.45. The summed E-state index contributed by atoms with van der Waals surface area (Å²) in [6, 6.07) is 0. The Morgan fingerprint density at radius 1 is 1.21 bits per heavy atom. The van der Waals surface area contributed by atoms with Crippen molar-refractivity contribution >= 4 is 0 Å². The molecule has 0 radical (unpaired) electrons. The van der Waals surface area contributed by atoms with Gasteiger partial charge in [0.25, 0.3) is 0 Å². The topological polar surface area (TPSA) is 87.6 Å². The molecule has 5 rings (SSSR count). The predicted molar refractivity (Wildman–Crippen MR) is 71.4 cm³/mol. The van der Waals surface area contributed by atoms with Crippen molar-refractivity contribution in [2.24, 2.45) is 28.9 Å². The van der Waals surface area contributed by atoms with E-state index in [1.165, 1.54) is 38.5 Å². The maximum Gasteiger partial charge on any atom is 0.340 e. The second kappa shape index (κ2) is 3.51. The van der Waals surface area contributed by atoms with Crippen LogP contribution in [0.15, 0.2) is 4.79 Å². The Morgan fingerprint density at radius 2 is 1.74 bits per heavy atom. The maximum atomic E-state index is 11.3. The lowest BCUT2D eigenvalue weighted by Crippen LogP contribution is -2.59. The third kappa shape index (κ3) is 1.51. The van der Waals surface area contributed by atoms with E-state index in [0.717, 1.165) is 17.8 Å². The number of aromatic amines is 2. The molecule has 4 fully saturated rings. The Kier molecular flexibility index (Phi) is 2.16. The average molecular weight is 262 g/mol. The molecule has 1 unspecified atom stereocenters. The molecule has 104 valence electrons. The number of H-pyrrole nitrogens is 2. The molecular weight excluding hydrogens is 240 g/mol. The minimum absolute atomic E-state index is 0.139. The first-order chi connectivity index (χ1) is 8.98. The highest BCUT2D eigenvalue weighted by atomic mass is 16.1. The van der Waals surface area contributed by atoms with Crippen molar-refractivity contribution in [3.05, 3.63) is 16.3 Å². The van der Waals surface area contributed by atoms with Crippen LogP contribution in [0.2, 0.25) is 0 Å². The molecule has 4 bridgehead atoms. The van der Waals surface area contributed by atoms with Crippen molar-refractivity contribution < 1.29 is 0 Å². The summed E-state index contributed by atoms with van der Waals surface area (Å²) in [5.74, 6) is 3.18. The van der Waals surface area contributed by atoms with E-state index in [1.807, 2.05) is 0 Å². The van der Waals surface area contributed by atoms with Crippen LogP contribution in [-0.4, -0.2) is 15.2 Å². The van der Waals surface area contributed by atoms with Crippen molar-refractivity contribution in [3.8, 4) is 0 Å². The molecule has 0 aliphatic heterocycles. The quantitative estimate of drug-likeness (QED) is 0.754. The summed E-state index contributed by atoms with van der Waals surface area (Å²) < 4.78 is 0. The largest absolute Gasteiger partial charge is 0.340 e. The lowest BCUT2D eigenvalue weighted by molar-refractivity contribution is -0.0974. The van der Waals surface area contributed by atoms with Crippen LogP contribution in [0.1, 0.15) is 51.3 Å². The first-order valence-electron chi connectivity index (χ1n) is 7.42. The lowest BCUT2D eigenvalue weighted by Gasteiger charge is -2.61. The molecule has 4 N–H and O–H groups in total. The Bertz CT molecular complexity index is 521. The number of nitrogens with one attached hydrogen (secondary N) is 2. The van der Waals surface area contributed by atoms with E-state index in [1.54, 1.807) is 0 Å². The number of nitrogens with zero attached hydrogens (tertiary/aromatic N) is 1. The summed E-state index contributed by atoms with van der Waals surface area (Å²) in [7, 11) is 0. The highest BCUT2D eigenvalue weighted by Gasteiger charge is 2.59. The molecular formula is C14H22N4O. The summed E-state index contributed by atoms with van der Waals surface area (Å²) in [5.41, 5.74) is 6.06. The normalized spacial score (nSPS) is 43.4. The summed E-state index contributed by atoms with van der Waals surface area (Å²) in [6.07, 6.45) is 7.81.